The van der Waals surface area contributed by atoms with Gasteiger partial charge < -0.3 is 10.4 Å². The van der Waals surface area contributed by atoms with Crippen LogP contribution >= 0.6 is 11.8 Å². The quantitative estimate of drug-likeness (QED) is 0.803. The first-order valence-electron chi connectivity index (χ1n) is 8.35. The van der Waals surface area contributed by atoms with Gasteiger partial charge in [0.05, 0.1) is 6.10 Å². The second-order valence-corrected chi connectivity index (χ2v) is 7.58. The van der Waals surface area contributed by atoms with E-state index in [1.54, 1.807) is 11.8 Å². The third-order valence-corrected chi connectivity index (χ3v) is 5.39. The third-order valence-electron chi connectivity index (χ3n) is 4.42. The van der Waals surface area contributed by atoms with E-state index in [1.807, 2.05) is 12.3 Å². The zero-order chi connectivity index (χ0) is 16.7. The highest BCUT2D eigenvalue weighted by Crippen LogP contribution is 2.17. The van der Waals surface area contributed by atoms with Gasteiger partial charge >= 0.3 is 0 Å². The second kappa shape index (κ2) is 9.30. The van der Waals surface area contributed by atoms with Gasteiger partial charge in [-0.05, 0) is 30.2 Å². The number of rotatable bonds is 7. The van der Waals surface area contributed by atoms with Gasteiger partial charge in [-0.2, -0.15) is 11.8 Å². The molecule has 0 bridgehead atoms. The highest BCUT2D eigenvalue weighted by molar-refractivity contribution is 7.99. The molecule has 1 amide bonds. The predicted octanol–water partition coefficient (Wildman–Crippen LogP) is 2.40. The summed E-state index contributed by atoms with van der Waals surface area (Å²) in [4.78, 5) is 14.3. The maximum absolute atomic E-state index is 12.0. The highest BCUT2D eigenvalue weighted by atomic mass is 32.2. The minimum Gasteiger partial charge on any atom is -0.393 e. The van der Waals surface area contributed by atoms with Crippen molar-refractivity contribution in [3.63, 3.8) is 0 Å². The van der Waals surface area contributed by atoms with Crippen molar-refractivity contribution < 1.29 is 9.90 Å². The minimum atomic E-state index is -0.140. The standard InChI is InChI=1S/C18H28N2O2S/c1-14(23-2)11-18(22)19-12-15-5-3-4-6-16(15)13-20-9-7-17(21)8-10-20/h3-6,14,17,21H,7-13H2,1-2H3,(H,19,22). The monoisotopic (exact) mass is 336 g/mol. The smallest absolute Gasteiger partial charge is 0.221 e. The van der Waals surface area contributed by atoms with E-state index < -0.39 is 0 Å². The molecule has 23 heavy (non-hydrogen) atoms. The average Bonchev–Trinajstić information content (AvgIpc) is 2.56. The maximum Gasteiger partial charge on any atom is 0.221 e. The zero-order valence-corrected chi connectivity index (χ0v) is 14.9. The molecule has 2 rings (SSSR count). The van der Waals surface area contributed by atoms with E-state index in [0.717, 1.165) is 32.5 Å². The summed E-state index contributed by atoms with van der Waals surface area (Å²) in [7, 11) is 0. The van der Waals surface area contributed by atoms with Crippen LogP contribution in [-0.4, -0.2) is 46.6 Å². The van der Waals surface area contributed by atoms with Crippen LogP contribution in [0.2, 0.25) is 0 Å². The Hall–Kier alpha value is -1.04. The van der Waals surface area contributed by atoms with Crippen LogP contribution in [0.25, 0.3) is 0 Å². The van der Waals surface area contributed by atoms with E-state index in [0.29, 0.717) is 18.2 Å². The highest BCUT2D eigenvalue weighted by Gasteiger charge is 2.18. The summed E-state index contributed by atoms with van der Waals surface area (Å²) in [6, 6.07) is 8.30. The number of nitrogens with zero attached hydrogens (tertiary/aromatic N) is 1. The molecule has 0 spiro atoms. The Bertz CT molecular complexity index is 502. The van der Waals surface area contributed by atoms with E-state index >= 15 is 0 Å². The largest absolute Gasteiger partial charge is 0.393 e. The Morgan fingerprint density at radius 2 is 2.00 bits per heavy atom. The summed E-state index contributed by atoms with van der Waals surface area (Å²) >= 11 is 1.71. The van der Waals surface area contributed by atoms with Crippen molar-refractivity contribution in [1.29, 1.82) is 0 Å². The fourth-order valence-electron chi connectivity index (χ4n) is 2.81. The minimum absolute atomic E-state index is 0.114. The number of carbonyl (C=O) groups excluding carboxylic acids is 1. The summed E-state index contributed by atoms with van der Waals surface area (Å²) in [6.45, 7) is 5.43. The summed E-state index contributed by atoms with van der Waals surface area (Å²) < 4.78 is 0. The first-order chi connectivity index (χ1) is 11.1. The van der Waals surface area contributed by atoms with Crippen LogP contribution in [0.1, 0.15) is 37.3 Å². The number of hydrogen-bond donors (Lipinski definition) is 2. The van der Waals surface area contributed by atoms with E-state index in [9.17, 15) is 9.90 Å². The van der Waals surface area contributed by atoms with Crippen LogP contribution in [0, 0.1) is 0 Å². The summed E-state index contributed by atoms with van der Waals surface area (Å²) in [5, 5.41) is 13.0. The number of benzene rings is 1. The van der Waals surface area contributed by atoms with Crippen LogP contribution in [0.5, 0.6) is 0 Å². The summed E-state index contributed by atoms with van der Waals surface area (Å²) in [5.74, 6) is 0.114. The molecule has 0 radical (unpaired) electrons. The number of aliphatic hydroxyl groups is 1. The fraction of sp³-hybridized carbons (Fsp3) is 0.611. The molecule has 0 aromatic heterocycles. The van der Waals surface area contributed by atoms with Gasteiger partial charge in [0.1, 0.15) is 0 Å². The van der Waals surface area contributed by atoms with Gasteiger partial charge in [0.15, 0.2) is 0 Å². The molecule has 1 unspecified atom stereocenters. The Balaban J connectivity index is 1.88. The lowest BCUT2D eigenvalue weighted by Crippen LogP contribution is -2.35. The Morgan fingerprint density at radius 1 is 1.35 bits per heavy atom. The van der Waals surface area contributed by atoms with E-state index in [2.05, 4.69) is 35.3 Å². The first kappa shape index (κ1) is 18.3. The van der Waals surface area contributed by atoms with Gasteiger partial charge in [-0.1, -0.05) is 31.2 Å². The zero-order valence-electron chi connectivity index (χ0n) is 14.1. The molecule has 0 aliphatic carbocycles. The lowest BCUT2D eigenvalue weighted by atomic mass is 10.0. The molecule has 128 valence electrons. The van der Waals surface area contributed by atoms with Gasteiger partial charge in [0, 0.05) is 37.8 Å². The lowest BCUT2D eigenvalue weighted by Gasteiger charge is -2.30. The van der Waals surface area contributed by atoms with Crippen molar-refractivity contribution in [1.82, 2.24) is 10.2 Å². The molecule has 1 atom stereocenters. The molecule has 1 fully saturated rings. The number of aliphatic hydroxyl groups excluding tert-OH is 1. The number of thioether (sulfide) groups is 1. The predicted molar refractivity (Wildman–Crippen MR) is 96.4 cm³/mol. The molecule has 0 saturated carbocycles. The van der Waals surface area contributed by atoms with Crippen molar-refractivity contribution in [2.45, 2.75) is 50.6 Å². The normalized spacial score (nSPS) is 17.9. The molecule has 1 aromatic rings. The molecular weight excluding hydrogens is 308 g/mol. The molecular formula is C18H28N2O2S. The topological polar surface area (TPSA) is 52.6 Å². The number of hydrogen-bond acceptors (Lipinski definition) is 4. The van der Waals surface area contributed by atoms with Gasteiger partial charge in [-0.15, -0.1) is 0 Å². The molecule has 5 heteroatoms. The summed E-state index contributed by atoms with van der Waals surface area (Å²) in [6.07, 6.45) is 4.16. The van der Waals surface area contributed by atoms with Crippen LogP contribution in [0.15, 0.2) is 24.3 Å². The van der Waals surface area contributed by atoms with Crippen LogP contribution < -0.4 is 5.32 Å². The number of piperidine rings is 1. The van der Waals surface area contributed by atoms with Crippen LogP contribution in [-0.2, 0) is 17.9 Å². The van der Waals surface area contributed by atoms with Crippen molar-refractivity contribution in [3.8, 4) is 0 Å². The van der Waals surface area contributed by atoms with Gasteiger partial charge in [0.2, 0.25) is 5.91 Å². The number of carbonyl (C=O) groups is 1. The molecule has 1 saturated heterocycles. The number of amides is 1. The maximum atomic E-state index is 12.0. The van der Waals surface area contributed by atoms with Crippen molar-refractivity contribution in [2.75, 3.05) is 19.3 Å². The second-order valence-electron chi connectivity index (χ2n) is 6.30. The Labute approximate surface area is 143 Å². The Kier molecular flexibility index (Phi) is 7.40. The molecule has 1 aromatic carbocycles. The molecule has 1 aliphatic heterocycles. The number of nitrogens with one attached hydrogen (secondary N) is 1. The lowest BCUT2D eigenvalue weighted by molar-refractivity contribution is -0.121. The fourth-order valence-corrected chi connectivity index (χ4v) is 3.13. The van der Waals surface area contributed by atoms with E-state index in [-0.39, 0.29) is 12.0 Å². The molecule has 1 aliphatic rings. The van der Waals surface area contributed by atoms with E-state index in [1.165, 1.54) is 11.1 Å². The Morgan fingerprint density at radius 3 is 2.65 bits per heavy atom. The van der Waals surface area contributed by atoms with Crippen LogP contribution in [0.4, 0.5) is 0 Å². The van der Waals surface area contributed by atoms with E-state index in [4.69, 9.17) is 0 Å². The SMILES string of the molecule is CSC(C)CC(=O)NCc1ccccc1CN1CCC(O)CC1. The first-order valence-corrected chi connectivity index (χ1v) is 9.64. The van der Waals surface area contributed by atoms with Crippen molar-refractivity contribution in [2.24, 2.45) is 0 Å². The van der Waals surface area contributed by atoms with Crippen molar-refractivity contribution >= 4 is 17.7 Å². The third kappa shape index (κ3) is 6.16. The number of likely N-dealkylation sites (tertiary alicyclic amines) is 1. The van der Waals surface area contributed by atoms with Gasteiger partial charge in [0.25, 0.3) is 0 Å². The van der Waals surface area contributed by atoms with Crippen LogP contribution in [0.3, 0.4) is 0 Å². The summed E-state index contributed by atoms with van der Waals surface area (Å²) in [5.41, 5.74) is 2.45. The molecule has 2 N–H and O–H groups in total. The average molecular weight is 337 g/mol. The van der Waals surface area contributed by atoms with Gasteiger partial charge in [-0.25, -0.2) is 0 Å². The molecule has 1 heterocycles. The molecule has 4 nitrogen and oxygen atoms in total. The van der Waals surface area contributed by atoms with Gasteiger partial charge in [-0.3, -0.25) is 9.69 Å². The van der Waals surface area contributed by atoms with Crippen molar-refractivity contribution in [3.05, 3.63) is 35.4 Å².